The van der Waals surface area contributed by atoms with Gasteiger partial charge in [-0.1, -0.05) is 18.2 Å². The minimum Gasteiger partial charge on any atom is -0.334 e. The number of aromatic nitrogens is 3. The van der Waals surface area contributed by atoms with Crippen molar-refractivity contribution in [3.63, 3.8) is 0 Å². The maximum atomic E-state index is 10.9. The molecular weight excluding hydrogens is 468 g/mol. The second-order valence-electron chi connectivity index (χ2n) is 6.86. The summed E-state index contributed by atoms with van der Waals surface area (Å²) in [7, 11) is 0. The summed E-state index contributed by atoms with van der Waals surface area (Å²) in [5, 5.41) is 32.4. The average molecular weight is 489 g/mol. The van der Waals surface area contributed by atoms with Crippen LogP contribution in [0.15, 0.2) is 34.7 Å². The Hall–Kier alpha value is -2.64. The van der Waals surface area contributed by atoms with E-state index < -0.39 is 4.92 Å². The second-order valence-corrected chi connectivity index (χ2v) is 7.72. The van der Waals surface area contributed by atoms with Crippen molar-refractivity contribution in [1.29, 1.82) is 5.26 Å². The number of benzene rings is 1. The number of thioether (sulfide) groups is 1. The molecule has 1 aromatic carbocycles. The Morgan fingerprint density at radius 3 is 2.70 bits per heavy atom. The lowest BCUT2D eigenvalue weighted by Gasteiger charge is -2.22. The number of nitriles is 1. The topological polar surface area (TPSA) is 101 Å². The van der Waals surface area contributed by atoms with Gasteiger partial charge in [0.1, 0.15) is 22.5 Å². The zero-order chi connectivity index (χ0) is 20.4. The summed E-state index contributed by atoms with van der Waals surface area (Å²) in [4.78, 5) is 12.6. The number of hydrogen-bond acceptors (Lipinski definition) is 7. The summed E-state index contributed by atoms with van der Waals surface area (Å²) in [5.41, 5.74) is 2.37. The normalized spacial score (nSPS) is 17.3. The molecule has 30 heavy (non-hydrogen) atoms. The van der Waals surface area contributed by atoms with Gasteiger partial charge < -0.3 is 9.47 Å². The van der Waals surface area contributed by atoms with Crippen LogP contribution < -0.4 is 0 Å². The van der Waals surface area contributed by atoms with E-state index in [-0.39, 0.29) is 22.7 Å². The molecule has 1 aromatic heterocycles. The molecule has 0 saturated carbocycles. The Kier molecular flexibility index (Phi) is 6.95. The molecule has 0 spiro atoms. The van der Waals surface area contributed by atoms with Gasteiger partial charge in [0, 0.05) is 37.1 Å². The van der Waals surface area contributed by atoms with Gasteiger partial charge in [-0.25, -0.2) is 0 Å². The number of nitro groups is 1. The molecule has 0 saturated heterocycles. The summed E-state index contributed by atoms with van der Waals surface area (Å²) in [5.74, 6) is 1.57. The summed E-state index contributed by atoms with van der Waals surface area (Å²) in [6.45, 7) is 3.51. The first-order chi connectivity index (χ1) is 14.1. The van der Waals surface area contributed by atoms with Gasteiger partial charge in [0.05, 0.1) is 10.6 Å². The van der Waals surface area contributed by atoms with Crippen molar-refractivity contribution in [2.24, 2.45) is 0 Å². The van der Waals surface area contributed by atoms with Crippen molar-refractivity contribution in [2.45, 2.75) is 39.2 Å². The first kappa shape index (κ1) is 22.1. The van der Waals surface area contributed by atoms with E-state index in [4.69, 9.17) is 0 Å². The van der Waals surface area contributed by atoms with Crippen LogP contribution in [0.2, 0.25) is 0 Å². The first-order valence-corrected chi connectivity index (χ1v) is 10.5. The van der Waals surface area contributed by atoms with Crippen LogP contribution in [0, 0.1) is 21.4 Å². The minimum atomic E-state index is -0.407. The highest BCUT2D eigenvalue weighted by Gasteiger charge is 2.28. The SMILES string of the molecule is Br.CCN1C(c2ccc([N+](=O)[O-])cc2)=CSC1=C(C#N)c1nnc2n1CCCCC2. The molecule has 0 atom stereocenters. The number of halogens is 1. The molecule has 0 amide bonds. The van der Waals surface area contributed by atoms with E-state index in [1.165, 1.54) is 23.9 Å². The highest BCUT2D eigenvalue weighted by molar-refractivity contribution is 8.93. The van der Waals surface area contributed by atoms with Crippen LogP contribution in [0.1, 0.15) is 43.4 Å². The number of nitro benzene ring substituents is 1. The van der Waals surface area contributed by atoms with Crippen molar-refractivity contribution in [2.75, 3.05) is 6.54 Å². The fraction of sp³-hybridized carbons (Fsp3) is 0.350. The smallest absolute Gasteiger partial charge is 0.269 e. The average Bonchev–Trinajstić information content (AvgIpc) is 3.26. The van der Waals surface area contributed by atoms with Crippen LogP contribution >= 0.6 is 28.7 Å². The molecule has 2 aromatic rings. The van der Waals surface area contributed by atoms with Gasteiger partial charge in [0.25, 0.3) is 5.69 Å². The molecule has 0 radical (unpaired) electrons. The van der Waals surface area contributed by atoms with Crippen molar-refractivity contribution in [3.8, 4) is 6.07 Å². The van der Waals surface area contributed by atoms with E-state index in [1.54, 1.807) is 12.1 Å². The predicted octanol–water partition coefficient (Wildman–Crippen LogP) is 4.75. The Balaban J connectivity index is 0.00000256. The van der Waals surface area contributed by atoms with Crippen molar-refractivity contribution in [1.82, 2.24) is 19.7 Å². The highest BCUT2D eigenvalue weighted by Crippen LogP contribution is 2.43. The van der Waals surface area contributed by atoms with E-state index in [1.807, 2.05) is 12.3 Å². The lowest BCUT2D eigenvalue weighted by molar-refractivity contribution is -0.384. The number of non-ortho nitro benzene ring substituents is 1. The zero-order valence-corrected chi connectivity index (χ0v) is 19.0. The Morgan fingerprint density at radius 1 is 1.27 bits per heavy atom. The largest absolute Gasteiger partial charge is 0.334 e. The number of allylic oxidation sites excluding steroid dienone is 1. The molecule has 0 aliphatic carbocycles. The Bertz CT molecular complexity index is 1050. The molecule has 8 nitrogen and oxygen atoms in total. The summed E-state index contributed by atoms with van der Waals surface area (Å²) < 4.78 is 2.08. The van der Waals surface area contributed by atoms with Crippen molar-refractivity contribution in [3.05, 3.63) is 62.0 Å². The third kappa shape index (κ3) is 4.00. The highest BCUT2D eigenvalue weighted by atomic mass is 79.9. The van der Waals surface area contributed by atoms with Crippen LogP contribution in [-0.4, -0.2) is 31.1 Å². The molecule has 2 aliphatic rings. The molecule has 0 N–H and O–H groups in total. The van der Waals surface area contributed by atoms with Crippen LogP contribution in [0.5, 0.6) is 0 Å². The van der Waals surface area contributed by atoms with Crippen LogP contribution in [0.3, 0.4) is 0 Å². The molecule has 156 valence electrons. The van der Waals surface area contributed by atoms with E-state index >= 15 is 0 Å². The molecule has 0 fully saturated rings. The van der Waals surface area contributed by atoms with E-state index in [9.17, 15) is 15.4 Å². The molecule has 0 unspecified atom stereocenters. The van der Waals surface area contributed by atoms with Crippen LogP contribution in [0.4, 0.5) is 5.69 Å². The third-order valence-corrected chi connectivity index (χ3v) is 6.16. The molecular formula is C20H21BrN6O2S. The van der Waals surface area contributed by atoms with E-state index in [2.05, 4.69) is 25.7 Å². The van der Waals surface area contributed by atoms with Gasteiger partial charge in [0.15, 0.2) is 5.82 Å². The lowest BCUT2D eigenvalue weighted by Crippen LogP contribution is -2.18. The standard InChI is InChI=1S/C20H20N6O2S.BrH/c1-2-24-17(14-7-9-15(10-8-14)26(27)28)13-29-20(24)16(12-21)19-23-22-18-6-4-3-5-11-25(18)19;/h7-10,13H,2-6,11H2,1H3;1H. The van der Waals surface area contributed by atoms with Crippen molar-refractivity contribution >= 4 is 45.7 Å². The summed E-state index contributed by atoms with van der Waals surface area (Å²) in [6.07, 6.45) is 4.20. The quantitative estimate of drug-likeness (QED) is 0.347. The number of hydrogen-bond donors (Lipinski definition) is 0. The summed E-state index contributed by atoms with van der Waals surface area (Å²) in [6, 6.07) is 8.83. The molecule has 3 heterocycles. The lowest BCUT2D eigenvalue weighted by atomic mass is 10.1. The molecule has 0 bridgehead atoms. The van der Waals surface area contributed by atoms with Gasteiger partial charge in [-0.2, -0.15) is 5.26 Å². The van der Waals surface area contributed by atoms with Gasteiger partial charge in [-0.15, -0.1) is 27.2 Å². The minimum absolute atomic E-state index is 0. The monoisotopic (exact) mass is 488 g/mol. The van der Waals surface area contributed by atoms with Gasteiger partial charge in [0.2, 0.25) is 0 Å². The number of aryl methyl sites for hydroxylation is 1. The number of rotatable bonds is 4. The predicted molar refractivity (Wildman–Crippen MR) is 121 cm³/mol. The first-order valence-electron chi connectivity index (χ1n) is 9.60. The third-order valence-electron chi connectivity index (χ3n) is 5.17. The van der Waals surface area contributed by atoms with Gasteiger partial charge in [-0.3, -0.25) is 10.1 Å². The Morgan fingerprint density at radius 2 is 2.03 bits per heavy atom. The van der Waals surface area contributed by atoms with Gasteiger partial charge >= 0.3 is 0 Å². The van der Waals surface area contributed by atoms with E-state index in [0.29, 0.717) is 17.9 Å². The fourth-order valence-corrected chi connectivity index (χ4v) is 4.79. The van der Waals surface area contributed by atoms with Crippen molar-refractivity contribution < 1.29 is 4.92 Å². The maximum absolute atomic E-state index is 10.9. The zero-order valence-electron chi connectivity index (χ0n) is 16.4. The summed E-state index contributed by atoms with van der Waals surface area (Å²) >= 11 is 1.48. The number of fused-ring (bicyclic) bond motifs is 1. The molecule has 10 heteroatoms. The van der Waals surface area contributed by atoms with Crippen LogP contribution in [0.25, 0.3) is 11.3 Å². The van der Waals surface area contributed by atoms with E-state index in [0.717, 1.165) is 54.3 Å². The number of nitrogens with zero attached hydrogens (tertiary/aromatic N) is 6. The second kappa shape index (κ2) is 9.45. The maximum Gasteiger partial charge on any atom is 0.269 e. The molecule has 4 rings (SSSR count). The molecule has 2 aliphatic heterocycles. The Labute approximate surface area is 189 Å². The van der Waals surface area contributed by atoms with Crippen LogP contribution in [-0.2, 0) is 13.0 Å². The van der Waals surface area contributed by atoms with Gasteiger partial charge in [-0.05, 0) is 37.5 Å². The fourth-order valence-electron chi connectivity index (χ4n) is 3.70.